The Bertz CT molecular complexity index is 719. The highest BCUT2D eigenvalue weighted by Gasteiger charge is 2.27. The molecule has 1 aliphatic rings. The summed E-state index contributed by atoms with van der Waals surface area (Å²) in [6.45, 7) is 13.2. The Morgan fingerprint density at radius 2 is 1.69 bits per heavy atom. The standard InChI is InChI=1S/C25H42N4O3/c1-6-13-25(31,14-7-2)18-28-24(26-8-3)27-15-21-9-11-22(12-10-21)23(30)29-16-19(4)32-20(5)17-29/h9-12,19-20,31H,6-8,13-18H2,1-5H3,(H2,26,27,28). The van der Waals surface area contributed by atoms with Gasteiger partial charge in [-0.1, -0.05) is 38.8 Å². The first-order valence-corrected chi connectivity index (χ1v) is 12.1. The number of nitrogens with one attached hydrogen (secondary N) is 2. The summed E-state index contributed by atoms with van der Waals surface area (Å²) < 4.78 is 5.73. The van der Waals surface area contributed by atoms with Crippen molar-refractivity contribution in [1.29, 1.82) is 0 Å². The van der Waals surface area contributed by atoms with E-state index >= 15 is 0 Å². The van der Waals surface area contributed by atoms with E-state index in [1.807, 2.05) is 49.9 Å². The van der Waals surface area contributed by atoms with Gasteiger partial charge in [0.1, 0.15) is 0 Å². The van der Waals surface area contributed by atoms with Crippen LogP contribution < -0.4 is 10.6 Å². The number of aliphatic hydroxyl groups is 1. The minimum Gasteiger partial charge on any atom is -0.388 e. The fourth-order valence-corrected chi connectivity index (χ4v) is 4.27. The molecule has 7 nitrogen and oxygen atoms in total. The molecule has 1 saturated heterocycles. The van der Waals surface area contributed by atoms with Gasteiger partial charge in [0.2, 0.25) is 0 Å². The number of carbonyl (C=O) groups excluding carboxylic acids is 1. The van der Waals surface area contributed by atoms with E-state index in [0.29, 0.717) is 37.7 Å². The van der Waals surface area contributed by atoms with E-state index < -0.39 is 5.60 Å². The van der Waals surface area contributed by atoms with Crippen LogP contribution in [0.25, 0.3) is 0 Å². The van der Waals surface area contributed by atoms with Crippen molar-refractivity contribution in [3.8, 4) is 0 Å². The van der Waals surface area contributed by atoms with Crippen molar-refractivity contribution in [3.05, 3.63) is 35.4 Å². The van der Waals surface area contributed by atoms with Gasteiger partial charge in [-0.3, -0.25) is 4.79 Å². The van der Waals surface area contributed by atoms with Crippen molar-refractivity contribution in [2.45, 2.75) is 84.7 Å². The molecule has 2 rings (SSSR count). The lowest BCUT2D eigenvalue weighted by Gasteiger charge is -2.35. The van der Waals surface area contributed by atoms with Crippen LogP contribution in [0.3, 0.4) is 0 Å². The second-order valence-corrected chi connectivity index (χ2v) is 8.94. The Morgan fingerprint density at radius 1 is 1.09 bits per heavy atom. The maximum Gasteiger partial charge on any atom is 0.254 e. The normalized spacial score (nSPS) is 19.7. The van der Waals surface area contributed by atoms with Crippen molar-refractivity contribution >= 4 is 11.9 Å². The molecule has 1 aromatic rings. The molecule has 1 heterocycles. The van der Waals surface area contributed by atoms with Crippen LogP contribution in [0, 0.1) is 0 Å². The van der Waals surface area contributed by atoms with Crippen LogP contribution in [0.1, 0.15) is 76.2 Å². The van der Waals surface area contributed by atoms with E-state index in [9.17, 15) is 9.90 Å². The smallest absolute Gasteiger partial charge is 0.254 e. The topological polar surface area (TPSA) is 86.2 Å². The number of morpholine rings is 1. The number of nitrogens with zero attached hydrogens (tertiary/aromatic N) is 2. The zero-order valence-corrected chi connectivity index (χ0v) is 20.5. The van der Waals surface area contributed by atoms with Gasteiger partial charge in [0.15, 0.2) is 5.96 Å². The third-order valence-electron chi connectivity index (χ3n) is 5.69. The molecule has 0 spiro atoms. The van der Waals surface area contributed by atoms with Gasteiger partial charge in [0.05, 0.1) is 24.4 Å². The monoisotopic (exact) mass is 446 g/mol. The molecule has 0 aromatic heterocycles. The summed E-state index contributed by atoms with van der Waals surface area (Å²) in [5, 5.41) is 17.4. The quantitative estimate of drug-likeness (QED) is 0.379. The number of hydrogen-bond donors (Lipinski definition) is 3. The van der Waals surface area contributed by atoms with Gasteiger partial charge in [0.25, 0.3) is 5.91 Å². The molecular weight excluding hydrogens is 404 g/mol. The third-order valence-corrected chi connectivity index (χ3v) is 5.69. The molecule has 2 unspecified atom stereocenters. The number of rotatable bonds is 10. The minimum absolute atomic E-state index is 0.0446. The van der Waals surface area contributed by atoms with Crippen molar-refractivity contribution < 1.29 is 14.6 Å². The van der Waals surface area contributed by atoms with E-state index in [-0.39, 0.29) is 18.1 Å². The van der Waals surface area contributed by atoms with Gasteiger partial charge in [-0.2, -0.15) is 0 Å². The first-order chi connectivity index (χ1) is 15.3. The lowest BCUT2D eigenvalue weighted by molar-refractivity contribution is -0.0586. The van der Waals surface area contributed by atoms with E-state index in [1.54, 1.807) is 0 Å². The van der Waals surface area contributed by atoms with Gasteiger partial charge >= 0.3 is 0 Å². The summed E-state index contributed by atoms with van der Waals surface area (Å²) in [6.07, 6.45) is 3.53. The molecule has 1 aliphatic heterocycles. The SMILES string of the molecule is CCCC(O)(CCC)CNC(=NCc1ccc(C(=O)N2CC(C)OC(C)C2)cc1)NCC. The Kier molecular flexibility index (Phi) is 10.5. The van der Waals surface area contributed by atoms with Crippen LogP contribution in [-0.2, 0) is 11.3 Å². The molecule has 1 amide bonds. The predicted molar refractivity (Wildman–Crippen MR) is 130 cm³/mol. The van der Waals surface area contributed by atoms with Crippen molar-refractivity contribution in [3.63, 3.8) is 0 Å². The van der Waals surface area contributed by atoms with Crippen molar-refractivity contribution in [1.82, 2.24) is 15.5 Å². The third kappa shape index (κ3) is 8.10. The summed E-state index contributed by atoms with van der Waals surface area (Å²) in [4.78, 5) is 19.4. The maximum absolute atomic E-state index is 12.8. The molecule has 3 N–H and O–H groups in total. The van der Waals surface area contributed by atoms with Crippen LogP contribution in [0.4, 0.5) is 0 Å². The zero-order valence-electron chi connectivity index (χ0n) is 20.5. The van der Waals surface area contributed by atoms with E-state index in [4.69, 9.17) is 4.74 Å². The second-order valence-electron chi connectivity index (χ2n) is 8.94. The lowest BCUT2D eigenvalue weighted by atomic mass is 9.93. The number of hydrogen-bond acceptors (Lipinski definition) is 4. The molecule has 32 heavy (non-hydrogen) atoms. The summed E-state index contributed by atoms with van der Waals surface area (Å²) >= 11 is 0. The maximum atomic E-state index is 12.8. The Balaban J connectivity index is 1.98. The highest BCUT2D eigenvalue weighted by molar-refractivity contribution is 5.94. The highest BCUT2D eigenvalue weighted by atomic mass is 16.5. The average Bonchev–Trinajstić information content (AvgIpc) is 2.75. The molecule has 1 aromatic carbocycles. The molecule has 1 fully saturated rings. The second kappa shape index (κ2) is 12.8. The van der Waals surface area contributed by atoms with Crippen LogP contribution in [-0.4, -0.2) is 65.9 Å². The average molecular weight is 447 g/mol. The fourth-order valence-electron chi connectivity index (χ4n) is 4.27. The highest BCUT2D eigenvalue weighted by Crippen LogP contribution is 2.18. The van der Waals surface area contributed by atoms with Gasteiger partial charge in [-0.05, 0) is 51.3 Å². The summed E-state index contributed by atoms with van der Waals surface area (Å²) in [7, 11) is 0. The zero-order chi connectivity index (χ0) is 23.6. The number of benzene rings is 1. The van der Waals surface area contributed by atoms with Gasteiger partial charge in [0, 0.05) is 31.7 Å². The van der Waals surface area contributed by atoms with Crippen LogP contribution in [0.5, 0.6) is 0 Å². The molecule has 0 aliphatic carbocycles. The Labute approximate surface area is 193 Å². The van der Waals surface area contributed by atoms with Crippen LogP contribution in [0.2, 0.25) is 0 Å². The fraction of sp³-hybridized carbons (Fsp3) is 0.680. The number of amides is 1. The lowest BCUT2D eigenvalue weighted by Crippen LogP contribution is -2.48. The molecule has 180 valence electrons. The Hall–Kier alpha value is -2.12. The number of carbonyl (C=O) groups is 1. The molecule has 2 atom stereocenters. The molecule has 0 bridgehead atoms. The summed E-state index contributed by atoms with van der Waals surface area (Å²) in [6, 6.07) is 7.66. The predicted octanol–water partition coefficient (Wildman–Crippen LogP) is 3.32. The number of ether oxygens (including phenoxy) is 1. The molecule has 0 radical (unpaired) electrons. The van der Waals surface area contributed by atoms with E-state index in [2.05, 4.69) is 29.5 Å². The van der Waals surface area contributed by atoms with E-state index in [0.717, 1.165) is 37.8 Å². The number of guanidine groups is 1. The van der Waals surface area contributed by atoms with Gasteiger partial charge < -0.3 is 25.4 Å². The van der Waals surface area contributed by atoms with Gasteiger partial charge in [-0.15, -0.1) is 0 Å². The summed E-state index contributed by atoms with van der Waals surface area (Å²) in [5.41, 5.74) is 1.00. The van der Waals surface area contributed by atoms with Crippen molar-refractivity contribution in [2.24, 2.45) is 4.99 Å². The van der Waals surface area contributed by atoms with Crippen LogP contribution in [0.15, 0.2) is 29.3 Å². The van der Waals surface area contributed by atoms with Crippen molar-refractivity contribution in [2.75, 3.05) is 26.2 Å². The first-order valence-electron chi connectivity index (χ1n) is 12.1. The number of aliphatic imine (C=N–C) groups is 1. The largest absolute Gasteiger partial charge is 0.388 e. The summed E-state index contributed by atoms with van der Waals surface area (Å²) in [5.74, 6) is 0.734. The van der Waals surface area contributed by atoms with E-state index in [1.165, 1.54) is 0 Å². The molecular formula is C25H42N4O3. The van der Waals surface area contributed by atoms with Crippen LogP contribution >= 0.6 is 0 Å². The molecule has 0 saturated carbocycles. The molecule has 7 heteroatoms. The Morgan fingerprint density at radius 3 is 2.22 bits per heavy atom. The van der Waals surface area contributed by atoms with Gasteiger partial charge in [-0.25, -0.2) is 4.99 Å². The first kappa shape index (κ1) is 26.1. The minimum atomic E-state index is -0.712.